The summed E-state index contributed by atoms with van der Waals surface area (Å²) in [5.74, 6) is 1.11. The second-order valence-corrected chi connectivity index (χ2v) is 5.20. The van der Waals surface area contributed by atoms with Crippen molar-refractivity contribution in [3.8, 4) is 11.5 Å². The van der Waals surface area contributed by atoms with Gasteiger partial charge in [0.15, 0.2) is 0 Å². The first kappa shape index (κ1) is 15.6. The fraction of sp³-hybridized carbons (Fsp3) is 0.562. The Labute approximate surface area is 126 Å². The van der Waals surface area contributed by atoms with Crippen molar-refractivity contribution in [2.24, 2.45) is 0 Å². The van der Waals surface area contributed by atoms with Crippen LogP contribution in [0.1, 0.15) is 30.1 Å². The van der Waals surface area contributed by atoms with Crippen LogP contribution in [0.2, 0.25) is 0 Å². The zero-order valence-electron chi connectivity index (χ0n) is 13.0. The first-order chi connectivity index (χ1) is 10.2. The van der Waals surface area contributed by atoms with Crippen LogP contribution in [0.4, 0.5) is 0 Å². The highest BCUT2D eigenvalue weighted by Gasteiger charge is 2.23. The fourth-order valence-corrected chi connectivity index (χ4v) is 2.83. The average Bonchev–Trinajstić information content (AvgIpc) is 2.99. The van der Waals surface area contributed by atoms with Crippen LogP contribution in [0, 0.1) is 0 Å². The highest BCUT2D eigenvalue weighted by atomic mass is 16.5. The molecule has 1 saturated heterocycles. The van der Waals surface area contributed by atoms with Crippen molar-refractivity contribution in [1.82, 2.24) is 10.2 Å². The number of carbonyl (C=O) groups is 1. The molecule has 0 saturated carbocycles. The molecular formula is C16H24N2O3. The number of hydrogen-bond donors (Lipinski definition) is 1. The lowest BCUT2D eigenvalue weighted by molar-refractivity contribution is 0.0938. The smallest absolute Gasteiger partial charge is 0.255 e. The van der Waals surface area contributed by atoms with Crippen molar-refractivity contribution < 1.29 is 14.3 Å². The highest BCUT2D eigenvalue weighted by molar-refractivity contribution is 5.97. The van der Waals surface area contributed by atoms with Gasteiger partial charge in [0.05, 0.1) is 19.8 Å². The van der Waals surface area contributed by atoms with Gasteiger partial charge in [-0.1, -0.05) is 6.92 Å². The standard InChI is InChI=1S/C16H24N2O3/c1-4-18-9-5-6-12(18)11-17-16(19)14-8-7-13(20-2)10-15(14)21-3/h7-8,10,12H,4-6,9,11H2,1-3H3,(H,17,19). The van der Waals surface area contributed by atoms with Crippen molar-refractivity contribution >= 4 is 5.91 Å². The number of likely N-dealkylation sites (N-methyl/N-ethyl adjacent to an activating group) is 1. The monoisotopic (exact) mass is 292 g/mol. The third kappa shape index (κ3) is 3.67. The van der Waals surface area contributed by atoms with Gasteiger partial charge in [-0.2, -0.15) is 0 Å². The predicted octanol–water partition coefficient (Wildman–Crippen LogP) is 1.92. The van der Waals surface area contributed by atoms with Gasteiger partial charge in [-0.05, 0) is 38.1 Å². The lowest BCUT2D eigenvalue weighted by Gasteiger charge is -2.23. The largest absolute Gasteiger partial charge is 0.497 e. The van der Waals surface area contributed by atoms with Crippen LogP contribution in [0.3, 0.4) is 0 Å². The normalized spacial score (nSPS) is 18.5. The maximum atomic E-state index is 12.3. The molecule has 1 aromatic carbocycles. The Morgan fingerprint density at radius 2 is 2.19 bits per heavy atom. The van der Waals surface area contributed by atoms with E-state index in [2.05, 4.69) is 17.1 Å². The molecule has 0 bridgehead atoms. The molecule has 1 N–H and O–H groups in total. The van der Waals surface area contributed by atoms with Gasteiger partial charge in [-0.3, -0.25) is 9.69 Å². The number of benzene rings is 1. The quantitative estimate of drug-likeness (QED) is 0.870. The topological polar surface area (TPSA) is 50.8 Å². The minimum Gasteiger partial charge on any atom is -0.497 e. The number of rotatable bonds is 6. The van der Waals surface area contributed by atoms with Crippen LogP contribution in [-0.2, 0) is 0 Å². The van der Waals surface area contributed by atoms with Gasteiger partial charge >= 0.3 is 0 Å². The molecule has 0 aromatic heterocycles. The van der Waals surface area contributed by atoms with Crippen molar-refractivity contribution in [1.29, 1.82) is 0 Å². The van der Waals surface area contributed by atoms with Crippen LogP contribution >= 0.6 is 0 Å². The molecule has 5 nitrogen and oxygen atoms in total. The Kier molecular flexibility index (Phi) is 5.44. The first-order valence-corrected chi connectivity index (χ1v) is 7.43. The van der Waals surface area contributed by atoms with E-state index in [0.29, 0.717) is 29.6 Å². The number of carbonyl (C=O) groups excluding carboxylic acids is 1. The van der Waals surface area contributed by atoms with E-state index >= 15 is 0 Å². The van der Waals surface area contributed by atoms with E-state index in [9.17, 15) is 4.79 Å². The molecule has 116 valence electrons. The number of nitrogens with one attached hydrogen (secondary N) is 1. The van der Waals surface area contributed by atoms with Gasteiger partial charge in [0.2, 0.25) is 0 Å². The Morgan fingerprint density at radius 3 is 2.86 bits per heavy atom. The summed E-state index contributed by atoms with van der Waals surface area (Å²) >= 11 is 0. The summed E-state index contributed by atoms with van der Waals surface area (Å²) in [5.41, 5.74) is 0.541. The Morgan fingerprint density at radius 1 is 1.38 bits per heavy atom. The molecule has 1 fully saturated rings. The predicted molar refractivity (Wildman–Crippen MR) is 82.1 cm³/mol. The van der Waals surface area contributed by atoms with Crippen molar-refractivity contribution in [3.63, 3.8) is 0 Å². The summed E-state index contributed by atoms with van der Waals surface area (Å²) < 4.78 is 10.4. The van der Waals surface area contributed by atoms with E-state index in [-0.39, 0.29) is 5.91 Å². The second-order valence-electron chi connectivity index (χ2n) is 5.20. The van der Waals surface area contributed by atoms with E-state index in [1.54, 1.807) is 32.4 Å². The van der Waals surface area contributed by atoms with Gasteiger partial charge in [-0.25, -0.2) is 0 Å². The zero-order chi connectivity index (χ0) is 15.2. The van der Waals surface area contributed by atoms with Crippen LogP contribution in [0.15, 0.2) is 18.2 Å². The van der Waals surface area contributed by atoms with Crippen molar-refractivity contribution in [2.45, 2.75) is 25.8 Å². The van der Waals surface area contributed by atoms with Crippen molar-refractivity contribution in [2.75, 3.05) is 33.9 Å². The van der Waals surface area contributed by atoms with Gasteiger partial charge in [0.25, 0.3) is 5.91 Å². The Balaban J connectivity index is 2.00. The maximum Gasteiger partial charge on any atom is 0.255 e. The number of methoxy groups -OCH3 is 2. The molecule has 2 rings (SSSR count). The third-order valence-corrected chi connectivity index (χ3v) is 4.06. The number of ether oxygens (including phenoxy) is 2. The summed E-state index contributed by atoms with van der Waals surface area (Å²) in [4.78, 5) is 14.7. The summed E-state index contributed by atoms with van der Waals surface area (Å²) in [6.07, 6.45) is 2.36. The highest BCUT2D eigenvalue weighted by Crippen LogP contribution is 2.24. The second kappa shape index (κ2) is 7.31. The molecule has 1 aliphatic heterocycles. The molecule has 1 aliphatic rings. The number of nitrogens with zero attached hydrogens (tertiary/aromatic N) is 1. The van der Waals surface area contributed by atoms with E-state index in [1.165, 1.54) is 6.42 Å². The van der Waals surface area contributed by atoms with Crippen LogP contribution in [0.5, 0.6) is 11.5 Å². The summed E-state index contributed by atoms with van der Waals surface area (Å²) in [5, 5.41) is 3.02. The molecular weight excluding hydrogens is 268 g/mol. The average molecular weight is 292 g/mol. The van der Waals surface area contributed by atoms with Gasteiger partial charge < -0.3 is 14.8 Å². The van der Waals surface area contributed by atoms with E-state index in [4.69, 9.17) is 9.47 Å². The number of likely N-dealkylation sites (tertiary alicyclic amines) is 1. The molecule has 1 unspecified atom stereocenters. The minimum atomic E-state index is -0.0996. The number of hydrogen-bond acceptors (Lipinski definition) is 4. The molecule has 5 heteroatoms. The maximum absolute atomic E-state index is 12.3. The van der Waals surface area contributed by atoms with Gasteiger partial charge in [0, 0.05) is 18.7 Å². The Hall–Kier alpha value is -1.75. The minimum absolute atomic E-state index is 0.0996. The van der Waals surface area contributed by atoms with Gasteiger partial charge in [0.1, 0.15) is 11.5 Å². The van der Waals surface area contributed by atoms with Crippen LogP contribution in [0.25, 0.3) is 0 Å². The molecule has 0 radical (unpaired) electrons. The number of amides is 1. The zero-order valence-corrected chi connectivity index (χ0v) is 13.0. The van der Waals surface area contributed by atoms with Gasteiger partial charge in [-0.15, -0.1) is 0 Å². The summed E-state index contributed by atoms with van der Waals surface area (Å²) in [6, 6.07) is 5.68. The summed E-state index contributed by atoms with van der Waals surface area (Å²) in [7, 11) is 3.15. The van der Waals surface area contributed by atoms with E-state index < -0.39 is 0 Å². The lowest BCUT2D eigenvalue weighted by atomic mass is 10.1. The molecule has 1 aromatic rings. The molecule has 1 atom stereocenters. The summed E-state index contributed by atoms with van der Waals surface area (Å²) in [6.45, 7) is 5.00. The Bertz CT molecular complexity index is 490. The van der Waals surface area contributed by atoms with Crippen LogP contribution < -0.4 is 14.8 Å². The fourth-order valence-electron chi connectivity index (χ4n) is 2.83. The third-order valence-electron chi connectivity index (χ3n) is 4.06. The molecule has 1 amide bonds. The van der Waals surface area contributed by atoms with Crippen LogP contribution in [-0.4, -0.2) is 50.7 Å². The lowest BCUT2D eigenvalue weighted by Crippen LogP contribution is -2.40. The molecule has 0 aliphatic carbocycles. The molecule has 21 heavy (non-hydrogen) atoms. The molecule has 1 heterocycles. The van der Waals surface area contributed by atoms with E-state index in [0.717, 1.165) is 19.5 Å². The van der Waals surface area contributed by atoms with E-state index in [1.807, 2.05) is 0 Å². The molecule has 0 spiro atoms. The SMILES string of the molecule is CCN1CCCC1CNC(=O)c1ccc(OC)cc1OC. The first-order valence-electron chi connectivity index (χ1n) is 7.43. The van der Waals surface area contributed by atoms with Crippen molar-refractivity contribution in [3.05, 3.63) is 23.8 Å².